The minimum Gasteiger partial charge on any atom is -0.196 e. The first kappa shape index (κ1) is 16.7. The Kier molecular flexibility index (Phi) is 5.64. The number of rotatable bonds is 3. The summed E-state index contributed by atoms with van der Waals surface area (Å²) in [7, 11) is -3.55. The molecule has 0 amide bonds. The van der Waals surface area contributed by atoms with Gasteiger partial charge in [-0.3, -0.25) is 0 Å². The molecule has 1 heterocycles. The third-order valence-electron chi connectivity index (χ3n) is 4.71. The molecule has 0 aromatic heterocycles. The fourth-order valence-corrected chi connectivity index (χ4v) is 5.11. The molecule has 1 atom stereocenters. The molecule has 21 heavy (non-hydrogen) atoms. The van der Waals surface area contributed by atoms with Crippen LogP contribution in [0, 0.1) is 17.2 Å². The Balaban J connectivity index is 2.10. The molecule has 1 N–H and O–H groups in total. The summed E-state index contributed by atoms with van der Waals surface area (Å²) in [5.74, 6) is 0.394. The predicted molar refractivity (Wildman–Crippen MR) is 82.7 cm³/mol. The van der Waals surface area contributed by atoms with Crippen molar-refractivity contribution in [1.82, 2.24) is 9.03 Å². The fourth-order valence-electron chi connectivity index (χ4n) is 3.42. The molecule has 2 aliphatic rings. The second-order valence-electron chi connectivity index (χ2n) is 6.67. The first-order chi connectivity index (χ1) is 9.97. The molecule has 0 bridgehead atoms. The highest BCUT2D eigenvalue weighted by atomic mass is 32.2. The van der Waals surface area contributed by atoms with Crippen LogP contribution >= 0.6 is 0 Å². The molecule has 2 rings (SSSR count). The van der Waals surface area contributed by atoms with Gasteiger partial charge in [0.1, 0.15) is 5.54 Å². The Morgan fingerprint density at radius 3 is 2.33 bits per heavy atom. The van der Waals surface area contributed by atoms with E-state index < -0.39 is 15.7 Å². The van der Waals surface area contributed by atoms with Gasteiger partial charge in [0.15, 0.2) is 0 Å². The van der Waals surface area contributed by atoms with E-state index in [4.69, 9.17) is 0 Å². The van der Waals surface area contributed by atoms with Gasteiger partial charge in [0.2, 0.25) is 0 Å². The van der Waals surface area contributed by atoms with E-state index in [0.717, 1.165) is 38.5 Å². The van der Waals surface area contributed by atoms with E-state index in [1.807, 2.05) is 0 Å². The minimum atomic E-state index is -3.55. The number of hydrogen-bond acceptors (Lipinski definition) is 3. The Labute approximate surface area is 128 Å². The Bertz CT molecular complexity index is 476. The molecule has 1 unspecified atom stereocenters. The molecular weight excluding hydrogens is 286 g/mol. The summed E-state index contributed by atoms with van der Waals surface area (Å²) in [6, 6.07) is 2.27. The molecule has 2 fully saturated rings. The summed E-state index contributed by atoms with van der Waals surface area (Å²) >= 11 is 0. The maximum atomic E-state index is 12.6. The predicted octanol–water partition coefficient (Wildman–Crippen LogP) is 2.56. The highest BCUT2D eigenvalue weighted by Gasteiger charge is 2.38. The Hall–Kier alpha value is -0.640. The standard InChI is InChI=1S/C15H27N3O2S/c1-14-8-7-11-18(12-14)21(19,20)17-15(13-16)9-5-3-2-4-6-10-15/h14,17H,2-12H2,1H3. The van der Waals surface area contributed by atoms with Crippen molar-refractivity contribution in [3.05, 3.63) is 0 Å². The van der Waals surface area contributed by atoms with Gasteiger partial charge in [-0.25, -0.2) is 0 Å². The molecule has 0 radical (unpaired) electrons. The van der Waals surface area contributed by atoms with Crippen molar-refractivity contribution >= 4 is 10.2 Å². The van der Waals surface area contributed by atoms with E-state index in [1.165, 1.54) is 10.7 Å². The molecule has 1 aliphatic heterocycles. The molecule has 1 saturated heterocycles. The summed E-state index contributed by atoms with van der Waals surface area (Å²) in [6.07, 6.45) is 8.46. The van der Waals surface area contributed by atoms with Crippen molar-refractivity contribution in [2.24, 2.45) is 5.92 Å². The lowest BCUT2D eigenvalue weighted by molar-refractivity contribution is 0.269. The van der Waals surface area contributed by atoms with E-state index in [2.05, 4.69) is 17.7 Å². The van der Waals surface area contributed by atoms with Crippen molar-refractivity contribution in [2.75, 3.05) is 13.1 Å². The first-order valence-electron chi connectivity index (χ1n) is 8.18. The van der Waals surface area contributed by atoms with Gasteiger partial charge in [0.25, 0.3) is 10.2 Å². The van der Waals surface area contributed by atoms with Crippen LogP contribution in [0.3, 0.4) is 0 Å². The number of nitrogens with one attached hydrogen (secondary N) is 1. The Morgan fingerprint density at radius 1 is 1.14 bits per heavy atom. The quantitative estimate of drug-likeness (QED) is 0.870. The highest BCUT2D eigenvalue weighted by Crippen LogP contribution is 2.28. The zero-order chi connectivity index (χ0) is 15.3. The zero-order valence-electron chi connectivity index (χ0n) is 13.0. The second-order valence-corrected chi connectivity index (χ2v) is 8.34. The summed E-state index contributed by atoms with van der Waals surface area (Å²) in [4.78, 5) is 0. The molecule has 0 aromatic carbocycles. The molecule has 5 nitrogen and oxygen atoms in total. The maximum absolute atomic E-state index is 12.6. The fraction of sp³-hybridized carbons (Fsp3) is 0.933. The van der Waals surface area contributed by atoms with Crippen LogP contribution in [-0.2, 0) is 10.2 Å². The van der Waals surface area contributed by atoms with E-state index in [1.54, 1.807) is 0 Å². The highest BCUT2D eigenvalue weighted by molar-refractivity contribution is 7.87. The largest absolute Gasteiger partial charge is 0.280 e. The lowest BCUT2D eigenvalue weighted by Gasteiger charge is -2.35. The number of hydrogen-bond donors (Lipinski definition) is 1. The molecule has 0 spiro atoms. The van der Waals surface area contributed by atoms with Gasteiger partial charge in [0.05, 0.1) is 6.07 Å². The van der Waals surface area contributed by atoms with Crippen molar-refractivity contribution in [3.63, 3.8) is 0 Å². The summed E-state index contributed by atoms with van der Waals surface area (Å²) in [5, 5.41) is 9.58. The van der Waals surface area contributed by atoms with E-state index in [9.17, 15) is 13.7 Å². The molecule has 120 valence electrons. The van der Waals surface area contributed by atoms with Crippen molar-refractivity contribution in [2.45, 2.75) is 70.3 Å². The van der Waals surface area contributed by atoms with Crippen LogP contribution in [0.5, 0.6) is 0 Å². The minimum absolute atomic E-state index is 0.394. The number of nitriles is 1. The third kappa shape index (κ3) is 4.41. The molecule has 1 aliphatic carbocycles. The molecule has 6 heteroatoms. The number of nitrogens with zero attached hydrogens (tertiary/aromatic N) is 2. The van der Waals surface area contributed by atoms with E-state index in [-0.39, 0.29) is 0 Å². The normalized spacial score (nSPS) is 28.3. The number of piperidine rings is 1. The third-order valence-corrected chi connectivity index (χ3v) is 6.37. The summed E-state index contributed by atoms with van der Waals surface area (Å²) < 4.78 is 29.5. The van der Waals surface area contributed by atoms with Gasteiger partial charge in [-0.2, -0.15) is 22.7 Å². The van der Waals surface area contributed by atoms with Gasteiger partial charge in [-0.15, -0.1) is 0 Å². The summed E-state index contributed by atoms with van der Waals surface area (Å²) in [6.45, 7) is 3.22. The lowest BCUT2D eigenvalue weighted by atomic mass is 9.86. The van der Waals surface area contributed by atoms with Crippen LogP contribution < -0.4 is 4.72 Å². The molecule has 0 aromatic rings. The van der Waals surface area contributed by atoms with Crippen molar-refractivity contribution in [1.29, 1.82) is 5.26 Å². The SMILES string of the molecule is CC1CCCN(S(=O)(=O)NC2(C#N)CCCCCCC2)C1. The maximum Gasteiger partial charge on any atom is 0.280 e. The Morgan fingerprint density at radius 2 is 1.76 bits per heavy atom. The topological polar surface area (TPSA) is 73.2 Å². The molecular formula is C15H27N3O2S. The van der Waals surface area contributed by atoms with Crippen LogP contribution in [0.1, 0.15) is 64.7 Å². The second kappa shape index (κ2) is 7.08. The van der Waals surface area contributed by atoms with Crippen LogP contribution in [-0.4, -0.2) is 31.4 Å². The van der Waals surface area contributed by atoms with Crippen LogP contribution in [0.2, 0.25) is 0 Å². The monoisotopic (exact) mass is 313 g/mol. The van der Waals surface area contributed by atoms with Gasteiger partial charge < -0.3 is 0 Å². The van der Waals surface area contributed by atoms with Crippen molar-refractivity contribution in [3.8, 4) is 6.07 Å². The van der Waals surface area contributed by atoms with Gasteiger partial charge in [0, 0.05) is 13.1 Å². The van der Waals surface area contributed by atoms with Crippen LogP contribution in [0.4, 0.5) is 0 Å². The van der Waals surface area contributed by atoms with E-state index in [0.29, 0.717) is 31.8 Å². The van der Waals surface area contributed by atoms with E-state index >= 15 is 0 Å². The smallest absolute Gasteiger partial charge is 0.196 e. The first-order valence-corrected chi connectivity index (χ1v) is 9.62. The van der Waals surface area contributed by atoms with Gasteiger partial charge in [-0.1, -0.05) is 39.0 Å². The summed E-state index contributed by atoms with van der Waals surface area (Å²) in [5.41, 5.74) is -0.903. The van der Waals surface area contributed by atoms with Crippen LogP contribution in [0.25, 0.3) is 0 Å². The average molecular weight is 313 g/mol. The molecule has 1 saturated carbocycles. The van der Waals surface area contributed by atoms with Gasteiger partial charge >= 0.3 is 0 Å². The average Bonchev–Trinajstić information content (AvgIpc) is 2.42. The van der Waals surface area contributed by atoms with Crippen molar-refractivity contribution < 1.29 is 8.42 Å². The lowest BCUT2D eigenvalue weighted by Crippen LogP contribution is -2.54. The van der Waals surface area contributed by atoms with Gasteiger partial charge in [-0.05, 0) is 31.6 Å². The van der Waals surface area contributed by atoms with Crippen LogP contribution in [0.15, 0.2) is 0 Å². The zero-order valence-corrected chi connectivity index (χ0v) is 13.8.